The third-order valence-electron chi connectivity index (χ3n) is 4.98. The van der Waals surface area contributed by atoms with E-state index in [1.54, 1.807) is 12.1 Å². The van der Waals surface area contributed by atoms with E-state index in [2.05, 4.69) is 0 Å². The Balaban J connectivity index is 0.00000181. The summed E-state index contributed by atoms with van der Waals surface area (Å²) in [5.41, 5.74) is 3.58. The maximum atomic E-state index is 12.3. The van der Waals surface area contributed by atoms with Gasteiger partial charge >= 0.3 is 11.9 Å². The molecule has 0 aromatic heterocycles. The third-order valence-corrected chi connectivity index (χ3v) is 4.98. The minimum Gasteiger partial charge on any atom is -0.478 e. The first-order valence-electron chi connectivity index (χ1n) is 9.41. The number of carboxylic acids is 2. The summed E-state index contributed by atoms with van der Waals surface area (Å²) >= 11 is 0. The van der Waals surface area contributed by atoms with E-state index >= 15 is 0 Å². The van der Waals surface area contributed by atoms with E-state index < -0.39 is 11.9 Å². The standard InChI is InChI=1S/C26H18O4.2H2O/c27-25(28)21-16-20(17-10-4-1-5-11-17)22(18-12-6-2-7-13-18)23(24(21)26(29)30)19-14-8-3-9-15-19;;/h1-16H,(H,27,28)(H,29,30);2*1H2. The first-order valence-corrected chi connectivity index (χ1v) is 9.41. The smallest absolute Gasteiger partial charge is 0.337 e. The zero-order chi connectivity index (χ0) is 21.1. The Hall–Kier alpha value is -4.26. The van der Waals surface area contributed by atoms with Crippen molar-refractivity contribution in [3.8, 4) is 33.4 Å². The molecule has 0 fully saturated rings. The van der Waals surface area contributed by atoms with Gasteiger partial charge in [-0.05, 0) is 33.9 Å². The largest absolute Gasteiger partial charge is 0.478 e. The zero-order valence-electron chi connectivity index (χ0n) is 16.9. The molecule has 0 saturated carbocycles. The van der Waals surface area contributed by atoms with E-state index in [1.165, 1.54) is 6.07 Å². The van der Waals surface area contributed by atoms with Gasteiger partial charge in [0.25, 0.3) is 0 Å². The summed E-state index contributed by atoms with van der Waals surface area (Å²) in [7, 11) is 0. The van der Waals surface area contributed by atoms with Crippen LogP contribution in [0.2, 0.25) is 0 Å². The molecule has 0 aliphatic rings. The SMILES string of the molecule is O.O.O=C(O)c1cc(-c2ccccc2)c(-c2ccccc2)c(-c2ccccc2)c1C(=O)O. The highest BCUT2D eigenvalue weighted by molar-refractivity contribution is 6.12. The fourth-order valence-corrected chi connectivity index (χ4v) is 3.72. The predicted molar refractivity (Wildman–Crippen MR) is 124 cm³/mol. The Morgan fingerprint density at radius 1 is 0.531 bits per heavy atom. The number of aromatic carboxylic acids is 2. The summed E-state index contributed by atoms with van der Waals surface area (Å²) in [6, 6.07) is 29.4. The molecule has 0 unspecified atom stereocenters. The van der Waals surface area contributed by atoms with Crippen LogP contribution in [0.3, 0.4) is 0 Å². The van der Waals surface area contributed by atoms with Crippen LogP contribution in [0, 0.1) is 0 Å². The lowest BCUT2D eigenvalue weighted by Gasteiger charge is -2.20. The van der Waals surface area contributed by atoms with Gasteiger partial charge in [-0.2, -0.15) is 0 Å². The fraction of sp³-hybridized carbons (Fsp3) is 0. The molecular formula is C26H22O6. The van der Waals surface area contributed by atoms with E-state index in [0.29, 0.717) is 22.3 Å². The summed E-state index contributed by atoms with van der Waals surface area (Å²) < 4.78 is 0. The van der Waals surface area contributed by atoms with Crippen molar-refractivity contribution in [2.75, 3.05) is 0 Å². The molecule has 4 aromatic carbocycles. The quantitative estimate of drug-likeness (QED) is 0.483. The van der Waals surface area contributed by atoms with Crippen LogP contribution < -0.4 is 0 Å². The van der Waals surface area contributed by atoms with E-state index in [1.807, 2.05) is 78.9 Å². The molecule has 4 aromatic rings. The average molecular weight is 430 g/mol. The van der Waals surface area contributed by atoms with Gasteiger partial charge in [0.2, 0.25) is 0 Å². The van der Waals surface area contributed by atoms with E-state index in [-0.39, 0.29) is 22.1 Å². The van der Waals surface area contributed by atoms with Gasteiger partial charge in [0.1, 0.15) is 0 Å². The zero-order valence-corrected chi connectivity index (χ0v) is 16.9. The summed E-state index contributed by atoms with van der Waals surface area (Å²) in [5.74, 6) is -2.55. The topological polar surface area (TPSA) is 138 Å². The van der Waals surface area contributed by atoms with Crippen LogP contribution in [0.15, 0.2) is 97.1 Å². The fourth-order valence-electron chi connectivity index (χ4n) is 3.72. The monoisotopic (exact) mass is 430 g/mol. The van der Waals surface area contributed by atoms with Gasteiger partial charge in [-0.1, -0.05) is 91.0 Å². The van der Waals surface area contributed by atoms with Crippen LogP contribution in [0.4, 0.5) is 0 Å². The van der Waals surface area contributed by atoms with E-state index in [4.69, 9.17) is 0 Å². The van der Waals surface area contributed by atoms with Gasteiger partial charge in [-0.3, -0.25) is 0 Å². The lowest BCUT2D eigenvalue weighted by Crippen LogP contribution is -2.12. The number of hydrogen-bond donors (Lipinski definition) is 2. The summed E-state index contributed by atoms with van der Waals surface area (Å²) in [6.07, 6.45) is 0. The average Bonchev–Trinajstić information content (AvgIpc) is 2.79. The highest BCUT2D eigenvalue weighted by Gasteiger charge is 2.27. The minimum atomic E-state index is -1.28. The molecule has 0 atom stereocenters. The molecule has 0 saturated heterocycles. The second-order valence-electron chi connectivity index (χ2n) is 6.81. The van der Waals surface area contributed by atoms with Crippen LogP contribution >= 0.6 is 0 Å². The molecule has 6 heteroatoms. The highest BCUT2D eigenvalue weighted by atomic mass is 16.4. The Morgan fingerprint density at radius 3 is 1.34 bits per heavy atom. The Morgan fingerprint density at radius 2 is 0.938 bits per heavy atom. The summed E-state index contributed by atoms with van der Waals surface area (Å²) in [6.45, 7) is 0. The molecule has 32 heavy (non-hydrogen) atoms. The molecule has 0 bridgehead atoms. The van der Waals surface area contributed by atoms with Gasteiger partial charge in [0.15, 0.2) is 0 Å². The number of rotatable bonds is 5. The lowest BCUT2D eigenvalue weighted by atomic mass is 9.82. The Labute approximate surface area is 184 Å². The van der Waals surface area contributed by atoms with Crippen molar-refractivity contribution in [1.82, 2.24) is 0 Å². The Bertz CT molecular complexity index is 1220. The second kappa shape index (κ2) is 10.2. The number of carboxylic acid groups (broad SMARTS) is 2. The van der Waals surface area contributed by atoms with Gasteiger partial charge in [-0.15, -0.1) is 0 Å². The highest BCUT2D eigenvalue weighted by Crippen LogP contribution is 2.43. The normalized spacial score (nSPS) is 9.88. The Kier molecular flexibility index (Phi) is 7.63. The number of hydrogen-bond acceptors (Lipinski definition) is 2. The first-order chi connectivity index (χ1) is 14.6. The molecule has 0 radical (unpaired) electrons. The van der Waals surface area contributed by atoms with Crippen molar-refractivity contribution >= 4 is 11.9 Å². The maximum absolute atomic E-state index is 12.3. The maximum Gasteiger partial charge on any atom is 0.337 e. The minimum absolute atomic E-state index is 0. The van der Waals surface area contributed by atoms with Crippen LogP contribution in [-0.4, -0.2) is 33.1 Å². The van der Waals surface area contributed by atoms with Crippen molar-refractivity contribution in [1.29, 1.82) is 0 Å². The van der Waals surface area contributed by atoms with Crippen LogP contribution in [0.25, 0.3) is 33.4 Å². The molecule has 4 rings (SSSR count). The van der Waals surface area contributed by atoms with Crippen molar-refractivity contribution in [2.24, 2.45) is 0 Å². The molecule has 6 N–H and O–H groups in total. The summed E-state index contributed by atoms with van der Waals surface area (Å²) in [4.78, 5) is 24.4. The van der Waals surface area contributed by atoms with E-state index in [0.717, 1.165) is 11.1 Å². The van der Waals surface area contributed by atoms with Crippen LogP contribution in [0.1, 0.15) is 20.7 Å². The molecule has 6 nitrogen and oxygen atoms in total. The van der Waals surface area contributed by atoms with E-state index in [9.17, 15) is 19.8 Å². The molecule has 0 heterocycles. The van der Waals surface area contributed by atoms with Crippen molar-refractivity contribution < 1.29 is 30.8 Å². The van der Waals surface area contributed by atoms with Crippen molar-refractivity contribution in [3.05, 3.63) is 108 Å². The predicted octanol–water partition coefficient (Wildman–Crippen LogP) is 4.43. The van der Waals surface area contributed by atoms with Crippen LogP contribution in [-0.2, 0) is 0 Å². The second-order valence-corrected chi connectivity index (χ2v) is 6.81. The van der Waals surface area contributed by atoms with Gasteiger partial charge in [-0.25, -0.2) is 9.59 Å². The molecule has 162 valence electrons. The molecule has 0 spiro atoms. The molecule has 0 amide bonds. The molecule has 0 aliphatic heterocycles. The van der Waals surface area contributed by atoms with Gasteiger partial charge < -0.3 is 21.2 Å². The first kappa shape index (κ1) is 24.0. The van der Waals surface area contributed by atoms with Gasteiger partial charge in [0, 0.05) is 5.56 Å². The van der Waals surface area contributed by atoms with Gasteiger partial charge in [0.05, 0.1) is 11.1 Å². The molecular weight excluding hydrogens is 408 g/mol. The van der Waals surface area contributed by atoms with Crippen LogP contribution in [0.5, 0.6) is 0 Å². The molecule has 0 aliphatic carbocycles. The van der Waals surface area contributed by atoms with Crippen molar-refractivity contribution in [2.45, 2.75) is 0 Å². The van der Waals surface area contributed by atoms with Crippen molar-refractivity contribution in [3.63, 3.8) is 0 Å². The number of benzene rings is 4. The number of carbonyl (C=O) groups is 2. The lowest BCUT2D eigenvalue weighted by molar-refractivity contribution is 0.0652. The third kappa shape index (κ3) is 4.41. The summed E-state index contributed by atoms with van der Waals surface area (Å²) in [5, 5.41) is 19.9.